The predicted octanol–water partition coefficient (Wildman–Crippen LogP) is 2.30. The van der Waals surface area contributed by atoms with Crippen molar-refractivity contribution in [3.63, 3.8) is 0 Å². The number of likely N-dealkylation sites (N-methyl/N-ethyl adjacent to an activating group) is 1. The van der Waals surface area contributed by atoms with Gasteiger partial charge < -0.3 is 5.32 Å². The van der Waals surface area contributed by atoms with Gasteiger partial charge in [0.1, 0.15) is 5.01 Å². The molecule has 0 radical (unpaired) electrons. The van der Waals surface area contributed by atoms with Crippen LogP contribution in [0.4, 0.5) is 0 Å². The summed E-state index contributed by atoms with van der Waals surface area (Å²) < 4.78 is 0. The second-order valence-electron chi connectivity index (χ2n) is 6.53. The van der Waals surface area contributed by atoms with E-state index in [1.54, 1.807) is 4.88 Å². The van der Waals surface area contributed by atoms with E-state index in [1.807, 2.05) is 11.3 Å². The summed E-state index contributed by atoms with van der Waals surface area (Å²) in [6.07, 6.45) is 7.79. The molecule has 2 unspecified atom stereocenters. The van der Waals surface area contributed by atoms with Gasteiger partial charge in [-0.25, -0.2) is 4.98 Å². The normalized spacial score (nSPS) is 34.9. The minimum absolute atomic E-state index is 0.122. The molecule has 104 valence electrons. The third-order valence-corrected chi connectivity index (χ3v) is 6.52. The topological polar surface area (TPSA) is 28.2 Å². The highest BCUT2D eigenvalue weighted by atomic mass is 32.1. The van der Waals surface area contributed by atoms with Gasteiger partial charge in [-0.3, -0.25) is 4.90 Å². The first kappa shape index (κ1) is 12.3. The molecule has 0 amide bonds. The summed E-state index contributed by atoms with van der Waals surface area (Å²) in [7, 11) is 2.12. The smallest absolute Gasteiger partial charge is 0.115 e. The van der Waals surface area contributed by atoms with Crippen molar-refractivity contribution in [1.29, 1.82) is 0 Å². The van der Waals surface area contributed by atoms with Gasteiger partial charge in [0.2, 0.25) is 0 Å². The fraction of sp³-hybridized carbons (Fsp3) is 0.800. The minimum Gasteiger partial charge on any atom is -0.307 e. The van der Waals surface area contributed by atoms with Crippen LogP contribution in [0.5, 0.6) is 0 Å². The highest BCUT2D eigenvalue weighted by molar-refractivity contribution is 7.12. The molecule has 2 atom stereocenters. The zero-order valence-electron chi connectivity index (χ0n) is 11.9. The van der Waals surface area contributed by atoms with Crippen molar-refractivity contribution in [3.05, 3.63) is 15.6 Å². The van der Waals surface area contributed by atoms with Crippen LogP contribution >= 0.6 is 11.3 Å². The molecular formula is C15H23N3S. The molecule has 3 nitrogen and oxygen atoms in total. The van der Waals surface area contributed by atoms with E-state index in [4.69, 9.17) is 4.98 Å². The number of likely N-dealkylation sites (tertiary alicyclic amines) is 1. The molecular weight excluding hydrogens is 254 g/mol. The lowest BCUT2D eigenvalue weighted by molar-refractivity contribution is 0.243. The maximum absolute atomic E-state index is 4.99. The molecule has 1 aromatic heterocycles. The molecule has 1 N–H and O–H groups in total. The average Bonchev–Trinajstić information content (AvgIpc) is 2.84. The molecule has 3 aliphatic rings. The number of nitrogens with one attached hydrogen (secondary N) is 1. The maximum Gasteiger partial charge on any atom is 0.115 e. The van der Waals surface area contributed by atoms with Gasteiger partial charge in [0.25, 0.3) is 0 Å². The van der Waals surface area contributed by atoms with Crippen LogP contribution in [-0.4, -0.2) is 35.6 Å². The molecule has 1 saturated carbocycles. The van der Waals surface area contributed by atoms with E-state index in [0.29, 0.717) is 6.04 Å². The Hall–Kier alpha value is -0.450. The standard InChI is InChI=1S/C15H23N3S/c1-10-8-15(16-2,9-18(10)11-6-7-11)14-17-12-4-3-5-13(12)19-14/h10-11,16H,3-9H2,1-2H3. The Morgan fingerprint density at radius 2 is 2.21 bits per heavy atom. The van der Waals surface area contributed by atoms with Gasteiger partial charge >= 0.3 is 0 Å². The van der Waals surface area contributed by atoms with E-state index in [0.717, 1.165) is 12.6 Å². The summed E-state index contributed by atoms with van der Waals surface area (Å²) in [6, 6.07) is 1.55. The Morgan fingerprint density at radius 1 is 1.37 bits per heavy atom. The maximum atomic E-state index is 4.99. The van der Waals surface area contributed by atoms with Gasteiger partial charge in [0.05, 0.1) is 11.2 Å². The summed E-state index contributed by atoms with van der Waals surface area (Å²) in [6.45, 7) is 3.54. The highest BCUT2D eigenvalue weighted by Gasteiger charge is 2.49. The first-order valence-electron chi connectivity index (χ1n) is 7.65. The average molecular weight is 277 g/mol. The van der Waals surface area contributed by atoms with Crippen molar-refractivity contribution in [2.45, 2.75) is 63.1 Å². The Bertz CT molecular complexity index is 472. The Labute approximate surface area is 119 Å². The molecule has 0 spiro atoms. The van der Waals surface area contributed by atoms with Gasteiger partial charge in [-0.2, -0.15) is 0 Å². The molecule has 2 heterocycles. The number of hydrogen-bond acceptors (Lipinski definition) is 4. The Balaban J connectivity index is 1.65. The van der Waals surface area contributed by atoms with Crippen LogP contribution < -0.4 is 5.32 Å². The quantitative estimate of drug-likeness (QED) is 0.919. The zero-order chi connectivity index (χ0) is 13.0. The van der Waals surface area contributed by atoms with Gasteiger partial charge in [0, 0.05) is 23.5 Å². The molecule has 1 aromatic rings. The summed E-state index contributed by atoms with van der Waals surface area (Å²) in [5.74, 6) is 0. The molecule has 19 heavy (non-hydrogen) atoms. The lowest BCUT2D eigenvalue weighted by atomic mass is 9.97. The van der Waals surface area contributed by atoms with E-state index >= 15 is 0 Å². The van der Waals surface area contributed by atoms with Crippen molar-refractivity contribution in [3.8, 4) is 0 Å². The molecule has 2 aliphatic carbocycles. The van der Waals surface area contributed by atoms with E-state index in [2.05, 4.69) is 24.2 Å². The number of hydrogen-bond donors (Lipinski definition) is 1. The summed E-state index contributed by atoms with van der Waals surface area (Å²) in [5, 5.41) is 4.99. The van der Waals surface area contributed by atoms with Crippen molar-refractivity contribution in [2.24, 2.45) is 0 Å². The van der Waals surface area contributed by atoms with Gasteiger partial charge in [-0.1, -0.05) is 0 Å². The van der Waals surface area contributed by atoms with Crippen LogP contribution in [0.2, 0.25) is 0 Å². The monoisotopic (exact) mass is 277 g/mol. The third kappa shape index (κ3) is 1.88. The summed E-state index contributed by atoms with van der Waals surface area (Å²) in [5.41, 5.74) is 1.52. The van der Waals surface area contributed by atoms with Gasteiger partial charge in [-0.15, -0.1) is 11.3 Å². The third-order valence-electron chi connectivity index (χ3n) is 5.16. The van der Waals surface area contributed by atoms with E-state index < -0.39 is 0 Å². The predicted molar refractivity (Wildman–Crippen MR) is 78.7 cm³/mol. The first-order valence-corrected chi connectivity index (χ1v) is 8.47. The van der Waals surface area contributed by atoms with E-state index in [9.17, 15) is 0 Å². The second-order valence-corrected chi connectivity index (χ2v) is 7.61. The molecule has 4 heteroatoms. The van der Waals surface area contributed by atoms with E-state index in [1.165, 1.54) is 49.2 Å². The van der Waals surface area contributed by atoms with Crippen LogP contribution in [0.3, 0.4) is 0 Å². The minimum atomic E-state index is 0.122. The lowest BCUT2D eigenvalue weighted by Gasteiger charge is -2.27. The first-order chi connectivity index (χ1) is 9.22. The largest absolute Gasteiger partial charge is 0.307 e. The molecule has 2 fully saturated rings. The number of aromatic nitrogens is 1. The van der Waals surface area contributed by atoms with Crippen molar-refractivity contribution in [2.75, 3.05) is 13.6 Å². The highest BCUT2D eigenvalue weighted by Crippen LogP contribution is 2.44. The van der Waals surface area contributed by atoms with Crippen LogP contribution in [0, 0.1) is 0 Å². The molecule has 4 rings (SSSR count). The lowest BCUT2D eigenvalue weighted by Crippen LogP contribution is -2.43. The van der Waals surface area contributed by atoms with Crippen LogP contribution in [-0.2, 0) is 18.4 Å². The molecule has 0 bridgehead atoms. The van der Waals surface area contributed by atoms with Gasteiger partial charge in [-0.05, 0) is 52.5 Å². The number of fused-ring (bicyclic) bond motifs is 1. The molecule has 1 aliphatic heterocycles. The molecule has 0 aromatic carbocycles. The van der Waals surface area contributed by atoms with Crippen molar-refractivity contribution >= 4 is 11.3 Å². The van der Waals surface area contributed by atoms with Gasteiger partial charge in [0.15, 0.2) is 0 Å². The van der Waals surface area contributed by atoms with Crippen LogP contribution in [0.1, 0.15) is 48.2 Å². The van der Waals surface area contributed by atoms with E-state index in [-0.39, 0.29) is 5.54 Å². The van der Waals surface area contributed by atoms with Crippen molar-refractivity contribution < 1.29 is 0 Å². The molecule has 1 saturated heterocycles. The fourth-order valence-electron chi connectivity index (χ4n) is 3.89. The SMILES string of the molecule is CNC1(c2nc3c(s2)CCC3)CC(C)N(C2CC2)C1. The summed E-state index contributed by atoms with van der Waals surface area (Å²) >= 11 is 1.98. The second kappa shape index (κ2) is 4.27. The Kier molecular flexibility index (Phi) is 2.77. The number of rotatable bonds is 3. The fourth-order valence-corrected chi connectivity index (χ4v) is 5.23. The van der Waals surface area contributed by atoms with Crippen LogP contribution in [0.15, 0.2) is 0 Å². The number of thiazole rings is 1. The summed E-state index contributed by atoms with van der Waals surface area (Å²) in [4.78, 5) is 9.26. The van der Waals surface area contributed by atoms with Crippen LogP contribution in [0.25, 0.3) is 0 Å². The Morgan fingerprint density at radius 3 is 2.89 bits per heavy atom. The zero-order valence-corrected chi connectivity index (χ0v) is 12.7. The number of nitrogens with zero attached hydrogens (tertiary/aromatic N) is 2. The number of aryl methyl sites for hydroxylation is 2. The van der Waals surface area contributed by atoms with Crippen molar-refractivity contribution in [1.82, 2.24) is 15.2 Å².